The fourth-order valence-corrected chi connectivity index (χ4v) is 1.98. The molecule has 0 saturated heterocycles. The Morgan fingerprint density at radius 2 is 2.06 bits per heavy atom. The van der Waals surface area contributed by atoms with E-state index in [0.717, 1.165) is 17.2 Å². The quantitative estimate of drug-likeness (QED) is 0.672. The molecule has 2 heterocycles. The molecular weight excluding hydrogens is 200 g/mol. The van der Waals surface area contributed by atoms with Gasteiger partial charge in [0.15, 0.2) is 5.82 Å². The van der Waals surface area contributed by atoms with Crippen molar-refractivity contribution in [2.45, 2.75) is 6.92 Å². The van der Waals surface area contributed by atoms with Crippen LogP contribution in [0.1, 0.15) is 5.82 Å². The summed E-state index contributed by atoms with van der Waals surface area (Å²) in [5.41, 5.74) is 2.27. The van der Waals surface area contributed by atoms with Crippen LogP contribution in [0.15, 0.2) is 30.5 Å². The normalized spacial score (nSPS) is 11.1. The Kier molecular flexibility index (Phi) is 1.83. The summed E-state index contributed by atoms with van der Waals surface area (Å²) in [7, 11) is 2.03. The molecular formula is C12H12N4. The number of nitrogens with zero attached hydrogens (tertiary/aromatic N) is 3. The molecule has 1 aromatic carbocycles. The number of aromatic nitrogens is 4. The zero-order valence-electron chi connectivity index (χ0n) is 9.23. The van der Waals surface area contributed by atoms with Crippen molar-refractivity contribution in [1.82, 2.24) is 19.7 Å². The summed E-state index contributed by atoms with van der Waals surface area (Å²) < 4.78 is 2.09. The lowest BCUT2D eigenvalue weighted by Gasteiger charge is -1.93. The molecule has 0 saturated carbocycles. The molecule has 80 valence electrons. The topological polar surface area (TPSA) is 46.5 Å². The summed E-state index contributed by atoms with van der Waals surface area (Å²) >= 11 is 0. The summed E-state index contributed by atoms with van der Waals surface area (Å²) in [6.07, 6.45) is 2.06. The molecule has 3 rings (SSSR count). The minimum atomic E-state index is 0.759. The van der Waals surface area contributed by atoms with Crippen LogP contribution >= 0.6 is 0 Å². The van der Waals surface area contributed by atoms with Crippen molar-refractivity contribution in [3.8, 4) is 11.4 Å². The van der Waals surface area contributed by atoms with Gasteiger partial charge < -0.3 is 4.57 Å². The fraction of sp³-hybridized carbons (Fsp3) is 0.167. The number of hydrogen-bond acceptors (Lipinski definition) is 2. The predicted octanol–water partition coefficient (Wildman–Crippen LogP) is 2.27. The Balaban J connectivity index is 2.32. The second-order valence-corrected chi connectivity index (χ2v) is 3.92. The van der Waals surface area contributed by atoms with E-state index < -0.39 is 0 Å². The van der Waals surface area contributed by atoms with Gasteiger partial charge in [0.1, 0.15) is 5.82 Å². The van der Waals surface area contributed by atoms with Crippen molar-refractivity contribution in [3.05, 3.63) is 36.3 Å². The molecule has 4 heteroatoms. The van der Waals surface area contributed by atoms with Crippen molar-refractivity contribution >= 4 is 10.9 Å². The first kappa shape index (κ1) is 9.15. The van der Waals surface area contributed by atoms with Crippen molar-refractivity contribution < 1.29 is 0 Å². The average Bonchev–Trinajstić information content (AvgIpc) is 2.84. The van der Waals surface area contributed by atoms with E-state index in [9.17, 15) is 0 Å². The highest BCUT2D eigenvalue weighted by Crippen LogP contribution is 2.27. The minimum Gasteiger partial charge on any atom is -0.350 e. The Bertz CT molecular complexity index is 648. The minimum absolute atomic E-state index is 0.759. The molecule has 0 aliphatic heterocycles. The van der Waals surface area contributed by atoms with E-state index >= 15 is 0 Å². The van der Waals surface area contributed by atoms with Gasteiger partial charge >= 0.3 is 0 Å². The Hall–Kier alpha value is -2.10. The molecule has 0 aliphatic carbocycles. The van der Waals surface area contributed by atoms with E-state index in [4.69, 9.17) is 0 Å². The van der Waals surface area contributed by atoms with Gasteiger partial charge in [-0.25, -0.2) is 4.98 Å². The number of fused-ring (bicyclic) bond motifs is 1. The van der Waals surface area contributed by atoms with E-state index in [0.29, 0.717) is 0 Å². The van der Waals surface area contributed by atoms with E-state index in [1.807, 2.05) is 26.1 Å². The maximum atomic E-state index is 4.36. The molecule has 0 fully saturated rings. The maximum absolute atomic E-state index is 4.36. The third-order valence-corrected chi connectivity index (χ3v) is 2.74. The third-order valence-electron chi connectivity index (χ3n) is 2.74. The highest BCUT2D eigenvalue weighted by atomic mass is 15.2. The summed E-state index contributed by atoms with van der Waals surface area (Å²) in [6, 6.07) is 8.26. The second-order valence-electron chi connectivity index (χ2n) is 3.92. The largest absolute Gasteiger partial charge is 0.350 e. The summed E-state index contributed by atoms with van der Waals surface area (Å²) in [6.45, 7) is 1.90. The van der Waals surface area contributed by atoms with Crippen LogP contribution < -0.4 is 0 Å². The van der Waals surface area contributed by atoms with Gasteiger partial charge in [0, 0.05) is 29.7 Å². The molecule has 0 aliphatic rings. The lowest BCUT2D eigenvalue weighted by molar-refractivity contribution is 0.968. The Labute approximate surface area is 92.9 Å². The van der Waals surface area contributed by atoms with Crippen molar-refractivity contribution in [2.24, 2.45) is 7.05 Å². The zero-order chi connectivity index (χ0) is 11.1. The van der Waals surface area contributed by atoms with E-state index in [2.05, 4.69) is 38.1 Å². The van der Waals surface area contributed by atoms with Gasteiger partial charge in [-0.1, -0.05) is 18.2 Å². The van der Waals surface area contributed by atoms with E-state index in [-0.39, 0.29) is 0 Å². The van der Waals surface area contributed by atoms with Gasteiger partial charge in [-0.15, -0.1) is 0 Å². The first-order chi connectivity index (χ1) is 7.75. The summed E-state index contributed by atoms with van der Waals surface area (Å²) in [5.74, 6) is 1.59. The molecule has 0 spiro atoms. The molecule has 1 N–H and O–H groups in total. The monoisotopic (exact) mass is 212 g/mol. The van der Waals surface area contributed by atoms with Crippen LogP contribution in [-0.4, -0.2) is 19.7 Å². The standard InChI is InChI=1S/C12H12N4/c1-8-13-12(15-14-8)10-7-16(2)11-6-4-3-5-9(10)11/h3-7H,1-2H3,(H,13,14,15). The molecule has 0 atom stereocenters. The fourth-order valence-electron chi connectivity index (χ4n) is 1.98. The molecule has 16 heavy (non-hydrogen) atoms. The number of aromatic amines is 1. The van der Waals surface area contributed by atoms with Gasteiger partial charge in [0.05, 0.1) is 0 Å². The Morgan fingerprint density at radius 3 is 2.81 bits per heavy atom. The van der Waals surface area contributed by atoms with Crippen molar-refractivity contribution in [1.29, 1.82) is 0 Å². The Morgan fingerprint density at radius 1 is 1.25 bits per heavy atom. The number of aryl methyl sites for hydroxylation is 2. The number of hydrogen-bond donors (Lipinski definition) is 1. The van der Waals surface area contributed by atoms with Crippen LogP contribution in [0.25, 0.3) is 22.3 Å². The maximum Gasteiger partial charge on any atom is 0.183 e. The molecule has 0 radical (unpaired) electrons. The second kappa shape index (κ2) is 3.20. The van der Waals surface area contributed by atoms with Crippen LogP contribution in [-0.2, 0) is 7.05 Å². The summed E-state index contributed by atoms with van der Waals surface area (Å²) in [5, 5.41) is 8.25. The smallest absolute Gasteiger partial charge is 0.183 e. The van der Waals surface area contributed by atoms with Gasteiger partial charge in [0.25, 0.3) is 0 Å². The van der Waals surface area contributed by atoms with Gasteiger partial charge in [-0.2, -0.15) is 5.10 Å². The number of nitrogens with one attached hydrogen (secondary N) is 1. The van der Waals surface area contributed by atoms with E-state index in [1.54, 1.807) is 0 Å². The lowest BCUT2D eigenvalue weighted by atomic mass is 10.2. The predicted molar refractivity (Wildman–Crippen MR) is 63.0 cm³/mol. The van der Waals surface area contributed by atoms with Gasteiger partial charge in [-0.05, 0) is 13.0 Å². The highest BCUT2D eigenvalue weighted by molar-refractivity contribution is 5.94. The summed E-state index contributed by atoms with van der Waals surface area (Å²) in [4.78, 5) is 4.36. The molecule has 2 aromatic heterocycles. The first-order valence-corrected chi connectivity index (χ1v) is 5.19. The zero-order valence-corrected chi connectivity index (χ0v) is 9.23. The molecule has 3 aromatic rings. The lowest BCUT2D eigenvalue weighted by Crippen LogP contribution is -1.82. The first-order valence-electron chi connectivity index (χ1n) is 5.19. The molecule has 0 bridgehead atoms. The number of rotatable bonds is 1. The van der Waals surface area contributed by atoms with Crippen LogP contribution in [0.5, 0.6) is 0 Å². The highest BCUT2D eigenvalue weighted by Gasteiger charge is 2.11. The number of para-hydroxylation sites is 1. The van der Waals surface area contributed by atoms with Gasteiger partial charge in [-0.3, -0.25) is 5.10 Å². The van der Waals surface area contributed by atoms with Gasteiger partial charge in [0.2, 0.25) is 0 Å². The van der Waals surface area contributed by atoms with Crippen LogP contribution in [0.2, 0.25) is 0 Å². The molecule has 4 nitrogen and oxygen atoms in total. The number of H-pyrrole nitrogens is 1. The van der Waals surface area contributed by atoms with Crippen molar-refractivity contribution in [3.63, 3.8) is 0 Å². The SMILES string of the molecule is Cc1nc(-c2cn(C)c3ccccc23)n[nH]1. The van der Waals surface area contributed by atoms with Crippen LogP contribution in [0.3, 0.4) is 0 Å². The van der Waals surface area contributed by atoms with Crippen molar-refractivity contribution in [2.75, 3.05) is 0 Å². The third kappa shape index (κ3) is 1.23. The average molecular weight is 212 g/mol. The molecule has 0 amide bonds. The van der Waals surface area contributed by atoms with Crippen LogP contribution in [0.4, 0.5) is 0 Å². The van der Waals surface area contributed by atoms with E-state index in [1.165, 1.54) is 10.9 Å². The molecule has 0 unspecified atom stereocenters. The number of benzene rings is 1. The van der Waals surface area contributed by atoms with Crippen LogP contribution in [0, 0.1) is 6.92 Å².